The highest BCUT2D eigenvalue weighted by atomic mass is 32.2. The molecule has 6 nitrogen and oxygen atoms in total. The lowest BCUT2D eigenvalue weighted by atomic mass is 10.1. The Kier molecular flexibility index (Phi) is 4.92. The third-order valence-corrected chi connectivity index (χ3v) is 4.56. The van der Waals surface area contributed by atoms with E-state index in [-0.39, 0.29) is 4.90 Å². The molecule has 1 rings (SSSR count). The highest BCUT2D eigenvalue weighted by molar-refractivity contribution is 7.89. The molecule has 0 unspecified atom stereocenters. The van der Waals surface area contributed by atoms with Crippen LogP contribution in [-0.4, -0.2) is 37.4 Å². The van der Waals surface area contributed by atoms with Crippen LogP contribution in [0.15, 0.2) is 23.1 Å². The quantitative estimate of drug-likeness (QED) is 0.544. The molecule has 0 saturated heterocycles. The normalized spacial score (nSPS) is 12.6. The predicted molar refractivity (Wildman–Crippen MR) is 73.1 cm³/mol. The molecule has 0 bridgehead atoms. The Labute approximate surface area is 113 Å². The third-order valence-electron chi connectivity index (χ3n) is 2.84. The Hall–Kier alpha value is -1.15. The van der Waals surface area contributed by atoms with Crippen LogP contribution in [-0.2, 0) is 16.4 Å². The molecule has 0 heterocycles. The van der Waals surface area contributed by atoms with Gasteiger partial charge in [0, 0.05) is 5.69 Å². The van der Waals surface area contributed by atoms with Crippen molar-refractivity contribution >= 4 is 15.7 Å². The van der Waals surface area contributed by atoms with Crippen LogP contribution in [0.4, 0.5) is 5.69 Å². The summed E-state index contributed by atoms with van der Waals surface area (Å²) in [7, 11) is -3.86. The summed E-state index contributed by atoms with van der Waals surface area (Å²) in [6.45, 7) is 2.24. The minimum atomic E-state index is -3.86. The second kappa shape index (κ2) is 5.87. The fourth-order valence-electron chi connectivity index (χ4n) is 1.61. The molecule has 0 aromatic heterocycles. The lowest BCUT2D eigenvalue weighted by molar-refractivity contribution is 0.121. The van der Waals surface area contributed by atoms with Gasteiger partial charge in [-0.15, -0.1) is 0 Å². The van der Waals surface area contributed by atoms with E-state index < -0.39 is 28.8 Å². The molecule has 0 aliphatic heterocycles. The molecule has 0 radical (unpaired) electrons. The van der Waals surface area contributed by atoms with Crippen molar-refractivity contribution < 1.29 is 18.6 Å². The lowest BCUT2D eigenvalue weighted by Crippen LogP contribution is -2.51. The predicted octanol–water partition coefficient (Wildman–Crippen LogP) is -0.147. The van der Waals surface area contributed by atoms with Crippen LogP contribution >= 0.6 is 0 Å². The number of sulfonamides is 1. The maximum atomic E-state index is 12.3. The molecule has 0 saturated carbocycles. The summed E-state index contributed by atoms with van der Waals surface area (Å²) < 4.78 is 26.9. The van der Waals surface area contributed by atoms with E-state index >= 15 is 0 Å². The zero-order valence-electron chi connectivity index (χ0n) is 11.0. The van der Waals surface area contributed by atoms with Gasteiger partial charge in [0.25, 0.3) is 0 Å². The van der Waals surface area contributed by atoms with Gasteiger partial charge in [-0.05, 0) is 31.0 Å². The number of nitrogens with two attached hydrogens (primary N) is 1. The molecule has 5 N–H and O–H groups in total. The molecule has 1 aromatic rings. The summed E-state index contributed by atoms with van der Waals surface area (Å²) in [5, 5.41) is 18.3. The molecule has 108 valence electrons. The maximum absolute atomic E-state index is 12.3. The van der Waals surface area contributed by atoms with Crippen LogP contribution in [0.2, 0.25) is 0 Å². The summed E-state index contributed by atoms with van der Waals surface area (Å²) in [6.07, 6.45) is 0.533. The Bertz CT molecular complexity index is 539. The van der Waals surface area contributed by atoms with Gasteiger partial charge in [-0.2, -0.15) is 0 Å². The lowest BCUT2D eigenvalue weighted by Gasteiger charge is -2.26. The van der Waals surface area contributed by atoms with Gasteiger partial charge in [-0.1, -0.05) is 13.0 Å². The molecule has 0 spiro atoms. The number of anilines is 1. The fourth-order valence-corrected chi connectivity index (χ4v) is 3.34. The highest BCUT2D eigenvalue weighted by Gasteiger charge is 2.30. The molecule has 19 heavy (non-hydrogen) atoms. The number of nitrogens with one attached hydrogen (secondary N) is 1. The smallest absolute Gasteiger partial charge is 0.241 e. The van der Waals surface area contributed by atoms with Crippen LogP contribution < -0.4 is 10.5 Å². The van der Waals surface area contributed by atoms with Gasteiger partial charge in [0.05, 0.1) is 23.6 Å². The van der Waals surface area contributed by atoms with E-state index in [1.54, 1.807) is 12.1 Å². The van der Waals surface area contributed by atoms with Gasteiger partial charge < -0.3 is 15.9 Å². The Balaban J connectivity index is 3.24. The SMILES string of the molecule is CCc1ccc(N)cc1S(=O)(=O)NC(C)(CO)CO. The first-order valence-corrected chi connectivity index (χ1v) is 7.40. The van der Waals surface area contributed by atoms with E-state index in [4.69, 9.17) is 15.9 Å². The van der Waals surface area contributed by atoms with Crippen LogP contribution in [0.25, 0.3) is 0 Å². The van der Waals surface area contributed by atoms with Crippen LogP contribution in [0.1, 0.15) is 19.4 Å². The first-order valence-electron chi connectivity index (χ1n) is 5.92. The summed E-state index contributed by atoms with van der Waals surface area (Å²) >= 11 is 0. The maximum Gasteiger partial charge on any atom is 0.241 e. The first kappa shape index (κ1) is 15.9. The number of hydrogen-bond acceptors (Lipinski definition) is 5. The summed E-state index contributed by atoms with van der Waals surface area (Å²) in [4.78, 5) is 0.0723. The molecule has 0 amide bonds. The molecule has 7 heteroatoms. The summed E-state index contributed by atoms with van der Waals surface area (Å²) in [5.74, 6) is 0. The minimum Gasteiger partial charge on any atom is -0.399 e. The van der Waals surface area contributed by atoms with Gasteiger partial charge in [-0.25, -0.2) is 13.1 Å². The van der Waals surface area contributed by atoms with Crippen molar-refractivity contribution in [3.05, 3.63) is 23.8 Å². The number of aryl methyl sites for hydroxylation is 1. The molecule has 1 aromatic carbocycles. The third kappa shape index (κ3) is 3.66. The van der Waals surface area contributed by atoms with Crippen molar-refractivity contribution in [1.82, 2.24) is 4.72 Å². The average molecular weight is 288 g/mol. The number of benzene rings is 1. The standard InChI is InChI=1S/C12H20N2O4S/c1-3-9-4-5-10(13)6-11(9)19(17,18)14-12(2,7-15)8-16/h4-6,14-16H,3,7-8,13H2,1-2H3. The van der Waals surface area contributed by atoms with Gasteiger partial charge in [0.15, 0.2) is 0 Å². The molecule has 0 aliphatic rings. The van der Waals surface area contributed by atoms with E-state index in [0.717, 1.165) is 0 Å². The molecular formula is C12H20N2O4S. The van der Waals surface area contributed by atoms with Crippen molar-refractivity contribution in [2.24, 2.45) is 0 Å². The van der Waals surface area contributed by atoms with Crippen molar-refractivity contribution in [2.45, 2.75) is 30.7 Å². The number of rotatable bonds is 6. The van der Waals surface area contributed by atoms with Gasteiger partial charge in [-0.3, -0.25) is 0 Å². The highest BCUT2D eigenvalue weighted by Crippen LogP contribution is 2.21. The Morgan fingerprint density at radius 2 is 1.89 bits per heavy atom. The second-order valence-electron chi connectivity index (χ2n) is 4.70. The largest absolute Gasteiger partial charge is 0.399 e. The molecule has 0 aliphatic carbocycles. The van der Waals surface area contributed by atoms with Gasteiger partial charge in [0.2, 0.25) is 10.0 Å². The van der Waals surface area contributed by atoms with E-state index in [0.29, 0.717) is 17.7 Å². The van der Waals surface area contributed by atoms with Crippen molar-refractivity contribution in [3.63, 3.8) is 0 Å². The number of aliphatic hydroxyl groups excluding tert-OH is 2. The van der Waals surface area contributed by atoms with Crippen molar-refractivity contribution in [2.75, 3.05) is 18.9 Å². The van der Waals surface area contributed by atoms with E-state index in [1.807, 2.05) is 6.92 Å². The van der Waals surface area contributed by atoms with Crippen LogP contribution in [0.3, 0.4) is 0 Å². The average Bonchev–Trinajstić information content (AvgIpc) is 2.38. The van der Waals surface area contributed by atoms with E-state index in [2.05, 4.69) is 4.72 Å². The monoisotopic (exact) mass is 288 g/mol. The number of aliphatic hydroxyl groups is 2. The first-order chi connectivity index (χ1) is 8.78. The fraction of sp³-hybridized carbons (Fsp3) is 0.500. The topological polar surface area (TPSA) is 113 Å². The van der Waals surface area contributed by atoms with Gasteiger partial charge >= 0.3 is 0 Å². The Morgan fingerprint density at radius 1 is 1.32 bits per heavy atom. The summed E-state index contributed by atoms with van der Waals surface area (Å²) in [5.41, 5.74) is 5.27. The van der Waals surface area contributed by atoms with Crippen LogP contribution in [0, 0.1) is 0 Å². The summed E-state index contributed by atoms with van der Waals surface area (Å²) in [6, 6.07) is 4.66. The van der Waals surface area contributed by atoms with E-state index in [1.165, 1.54) is 13.0 Å². The van der Waals surface area contributed by atoms with Crippen LogP contribution in [0.5, 0.6) is 0 Å². The molecular weight excluding hydrogens is 268 g/mol. The zero-order chi connectivity index (χ0) is 14.7. The van der Waals surface area contributed by atoms with Gasteiger partial charge in [0.1, 0.15) is 0 Å². The molecule has 0 atom stereocenters. The zero-order valence-corrected chi connectivity index (χ0v) is 11.9. The second-order valence-corrected chi connectivity index (χ2v) is 6.35. The number of nitrogen functional groups attached to an aromatic ring is 1. The minimum absolute atomic E-state index is 0.0723. The Morgan fingerprint density at radius 3 is 2.37 bits per heavy atom. The van der Waals surface area contributed by atoms with E-state index in [9.17, 15) is 8.42 Å². The number of hydrogen-bond donors (Lipinski definition) is 4. The van der Waals surface area contributed by atoms with Crippen molar-refractivity contribution in [1.29, 1.82) is 0 Å². The van der Waals surface area contributed by atoms with Crippen molar-refractivity contribution in [3.8, 4) is 0 Å². The molecule has 0 fully saturated rings.